The van der Waals surface area contributed by atoms with Gasteiger partial charge >= 0.3 is 5.97 Å². The smallest absolute Gasteiger partial charge is 0.306 e. The normalized spacial score (nSPS) is 49.6. The van der Waals surface area contributed by atoms with E-state index in [-0.39, 0.29) is 28.8 Å². The number of aliphatic carboxylic acids is 1. The van der Waals surface area contributed by atoms with Crippen molar-refractivity contribution in [3.8, 4) is 0 Å². The minimum absolute atomic E-state index is 0.0654. The van der Waals surface area contributed by atoms with Crippen molar-refractivity contribution in [2.24, 2.45) is 40.4 Å². The SMILES string of the molecule is CC(C(=O)O)[C@H]1CC[C@H]2[C@@H]3C(O)CC4=CCC=C[C@]4(C)[C@H]3CC[C@]12C. The van der Waals surface area contributed by atoms with Crippen molar-refractivity contribution >= 4 is 5.97 Å². The quantitative estimate of drug-likeness (QED) is 0.729. The summed E-state index contributed by atoms with van der Waals surface area (Å²) in [6.07, 6.45) is 12.8. The molecule has 3 fully saturated rings. The van der Waals surface area contributed by atoms with Crippen LogP contribution in [0.15, 0.2) is 23.8 Å². The van der Waals surface area contributed by atoms with Crippen LogP contribution in [-0.2, 0) is 4.79 Å². The summed E-state index contributed by atoms with van der Waals surface area (Å²) in [6.45, 7) is 6.57. The summed E-state index contributed by atoms with van der Waals surface area (Å²) in [6, 6.07) is 0. The Morgan fingerprint density at radius 3 is 2.72 bits per heavy atom. The molecule has 0 aromatic rings. The molecular weight excluding hydrogens is 312 g/mol. The van der Waals surface area contributed by atoms with E-state index in [1.807, 2.05) is 6.92 Å². The number of carboxylic acids is 1. The number of allylic oxidation sites excluding steroid dienone is 3. The summed E-state index contributed by atoms with van der Waals surface area (Å²) in [7, 11) is 0. The van der Waals surface area contributed by atoms with Crippen molar-refractivity contribution in [1.29, 1.82) is 0 Å². The summed E-state index contributed by atoms with van der Waals surface area (Å²) in [5, 5.41) is 20.6. The predicted molar refractivity (Wildman–Crippen MR) is 97.9 cm³/mol. The molecule has 0 aromatic heterocycles. The molecule has 0 radical (unpaired) electrons. The van der Waals surface area contributed by atoms with Gasteiger partial charge in [0.1, 0.15) is 0 Å². The molecule has 3 saturated carbocycles. The Morgan fingerprint density at radius 1 is 1.24 bits per heavy atom. The Labute approximate surface area is 151 Å². The molecule has 0 spiro atoms. The molecule has 4 aliphatic carbocycles. The third-order valence-corrected chi connectivity index (χ3v) is 8.70. The van der Waals surface area contributed by atoms with E-state index in [0.29, 0.717) is 17.8 Å². The van der Waals surface area contributed by atoms with Gasteiger partial charge in [0, 0.05) is 5.41 Å². The number of aliphatic hydroxyl groups is 1. The average Bonchev–Trinajstić information content (AvgIpc) is 2.91. The molecule has 8 atom stereocenters. The molecule has 0 amide bonds. The molecule has 4 rings (SSSR count). The zero-order valence-corrected chi connectivity index (χ0v) is 15.7. The Morgan fingerprint density at radius 2 is 2.00 bits per heavy atom. The van der Waals surface area contributed by atoms with E-state index in [0.717, 1.165) is 38.5 Å². The van der Waals surface area contributed by atoms with E-state index < -0.39 is 5.97 Å². The first-order chi connectivity index (χ1) is 11.8. The van der Waals surface area contributed by atoms with Crippen molar-refractivity contribution in [3.05, 3.63) is 23.8 Å². The molecule has 3 nitrogen and oxygen atoms in total. The minimum Gasteiger partial charge on any atom is -0.481 e. The summed E-state index contributed by atoms with van der Waals surface area (Å²) in [4.78, 5) is 11.6. The predicted octanol–water partition coefficient (Wildman–Crippen LogP) is 4.42. The summed E-state index contributed by atoms with van der Waals surface area (Å²) in [5.41, 5.74) is 1.59. The van der Waals surface area contributed by atoms with Gasteiger partial charge in [-0.05, 0) is 67.6 Å². The molecule has 138 valence electrons. The second kappa shape index (κ2) is 5.70. The lowest BCUT2D eigenvalue weighted by atomic mass is 9.46. The fraction of sp³-hybridized carbons (Fsp3) is 0.773. The molecule has 3 heteroatoms. The number of aliphatic hydroxyl groups excluding tert-OH is 1. The first-order valence-electron chi connectivity index (χ1n) is 10.1. The number of carboxylic acid groups (broad SMARTS) is 1. The highest BCUT2D eigenvalue weighted by Crippen LogP contribution is 2.66. The van der Waals surface area contributed by atoms with Crippen molar-refractivity contribution in [2.45, 2.75) is 65.4 Å². The van der Waals surface area contributed by atoms with E-state index >= 15 is 0 Å². The van der Waals surface area contributed by atoms with E-state index in [1.54, 1.807) is 0 Å². The monoisotopic (exact) mass is 344 g/mol. The zero-order valence-electron chi connectivity index (χ0n) is 15.7. The maximum Gasteiger partial charge on any atom is 0.306 e. The maximum absolute atomic E-state index is 11.6. The molecule has 2 unspecified atom stereocenters. The van der Waals surface area contributed by atoms with E-state index in [2.05, 4.69) is 32.1 Å². The highest BCUT2D eigenvalue weighted by atomic mass is 16.4. The second-order valence-corrected chi connectivity index (χ2v) is 9.57. The fourth-order valence-electron chi connectivity index (χ4n) is 7.34. The molecule has 2 N–H and O–H groups in total. The van der Waals surface area contributed by atoms with Gasteiger partial charge in [-0.2, -0.15) is 0 Å². The average molecular weight is 344 g/mol. The molecule has 0 saturated heterocycles. The Bertz CT molecular complexity index is 635. The van der Waals surface area contributed by atoms with Crippen LogP contribution in [0.3, 0.4) is 0 Å². The molecule has 4 aliphatic rings. The molecular formula is C22H32O3. The first kappa shape index (κ1) is 17.3. The van der Waals surface area contributed by atoms with Crippen LogP contribution in [-0.4, -0.2) is 22.3 Å². The van der Waals surface area contributed by atoms with Gasteiger partial charge in [-0.1, -0.05) is 44.6 Å². The highest BCUT2D eigenvalue weighted by Gasteiger charge is 2.61. The third-order valence-electron chi connectivity index (χ3n) is 8.70. The Balaban J connectivity index is 1.69. The molecule has 0 aromatic carbocycles. The number of hydrogen-bond donors (Lipinski definition) is 2. The van der Waals surface area contributed by atoms with Crippen LogP contribution < -0.4 is 0 Å². The van der Waals surface area contributed by atoms with Crippen molar-refractivity contribution in [2.75, 3.05) is 0 Å². The highest BCUT2D eigenvalue weighted by molar-refractivity contribution is 5.70. The van der Waals surface area contributed by atoms with Gasteiger partial charge in [-0.15, -0.1) is 0 Å². The maximum atomic E-state index is 11.6. The molecule has 25 heavy (non-hydrogen) atoms. The van der Waals surface area contributed by atoms with Gasteiger partial charge in [0.05, 0.1) is 12.0 Å². The molecule has 0 aliphatic heterocycles. The fourth-order valence-corrected chi connectivity index (χ4v) is 7.34. The van der Waals surface area contributed by atoms with E-state index in [1.165, 1.54) is 5.57 Å². The van der Waals surface area contributed by atoms with Crippen LogP contribution in [0.25, 0.3) is 0 Å². The van der Waals surface area contributed by atoms with E-state index in [4.69, 9.17) is 0 Å². The first-order valence-corrected chi connectivity index (χ1v) is 10.1. The van der Waals surface area contributed by atoms with E-state index in [9.17, 15) is 15.0 Å². The van der Waals surface area contributed by atoms with Gasteiger partial charge in [0.25, 0.3) is 0 Å². The van der Waals surface area contributed by atoms with Crippen LogP contribution in [0, 0.1) is 40.4 Å². The third kappa shape index (κ3) is 2.31. The van der Waals surface area contributed by atoms with Crippen molar-refractivity contribution < 1.29 is 15.0 Å². The number of rotatable bonds is 2. The lowest BCUT2D eigenvalue weighted by Gasteiger charge is -2.58. The van der Waals surface area contributed by atoms with Crippen LogP contribution in [0.5, 0.6) is 0 Å². The minimum atomic E-state index is -0.661. The summed E-state index contributed by atoms with van der Waals surface area (Å²) >= 11 is 0. The Kier molecular flexibility index (Phi) is 3.95. The van der Waals surface area contributed by atoms with Crippen molar-refractivity contribution in [1.82, 2.24) is 0 Å². The molecule has 0 heterocycles. The van der Waals surface area contributed by atoms with Gasteiger partial charge in [0.15, 0.2) is 0 Å². The lowest BCUT2D eigenvalue weighted by molar-refractivity contribution is -0.147. The van der Waals surface area contributed by atoms with Gasteiger partial charge in [-0.3, -0.25) is 4.79 Å². The van der Waals surface area contributed by atoms with Gasteiger partial charge in [0.2, 0.25) is 0 Å². The Hall–Kier alpha value is -1.09. The summed E-state index contributed by atoms with van der Waals surface area (Å²) in [5.74, 6) is 0.570. The van der Waals surface area contributed by atoms with Gasteiger partial charge < -0.3 is 10.2 Å². The van der Waals surface area contributed by atoms with Crippen LogP contribution in [0.1, 0.15) is 59.3 Å². The second-order valence-electron chi connectivity index (χ2n) is 9.57. The number of carbonyl (C=O) groups is 1. The van der Waals surface area contributed by atoms with Crippen LogP contribution >= 0.6 is 0 Å². The summed E-state index contributed by atoms with van der Waals surface area (Å²) < 4.78 is 0. The van der Waals surface area contributed by atoms with Crippen molar-refractivity contribution in [3.63, 3.8) is 0 Å². The zero-order chi connectivity index (χ0) is 18.0. The number of fused-ring (bicyclic) bond motifs is 5. The largest absolute Gasteiger partial charge is 0.481 e. The number of hydrogen-bond acceptors (Lipinski definition) is 2. The standard InChI is InChI=1S/C22H32O3/c1-13(20(24)25)15-7-8-16-19-17(9-11-22(15,16)3)21(2)10-5-4-6-14(21)12-18(19)23/h5-6,10,13,15-19,23H,4,7-9,11-12H2,1-3H3,(H,24,25)/t13?,15-,16+,17+,18?,19+,21+,22-/m1/s1. The topological polar surface area (TPSA) is 57.5 Å². The molecule has 0 bridgehead atoms. The van der Waals surface area contributed by atoms with Gasteiger partial charge in [-0.25, -0.2) is 0 Å². The van der Waals surface area contributed by atoms with Crippen LogP contribution in [0.2, 0.25) is 0 Å². The van der Waals surface area contributed by atoms with Crippen LogP contribution in [0.4, 0.5) is 0 Å². The lowest BCUT2D eigenvalue weighted by Crippen LogP contribution is -2.55.